The first kappa shape index (κ1) is 22.9. The Kier molecular flexibility index (Phi) is 15.2. The highest BCUT2D eigenvalue weighted by Crippen LogP contribution is 2.17. The molecule has 0 saturated heterocycles. The topological polar surface area (TPSA) is 106 Å². The molecule has 4 N–H and O–H groups in total. The van der Waals surface area contributed by atoms with Crippen LogP contribution in [0.2, 0.25) is 0 Å². The van der Waals surface area contributed by atoms with Crippen molar-refractivity contribution in [2.24, 2.45) is 0 Å². The first-order valence-corrected chi connectivity index (χ1v) is 8.12. The number of rotatable bonds is 13. The fraction of sp³-hybridized carbons (Fsp3) is 0.765. The van der Waals surface area contributed by atoms with Gasteiger partial charge in [-0.3, -0.25) is 4.79 Å². The summed E-state index contributed by atoms with van der Waals surface area (Å²) in [6, 6.07) is 0. The lowest BCUT2D eigenvalue weighted by Gasteiger charge is -2.07. The van der Waals surface area contributed by atoms with Gasteiger partial charge in [-0.15, -0.1) is 0 Å². The van der Waals surface area contributed by atoms with Crippen LogP contribution in [0.3, 0.4) is 0 Å². The Balaban J connectivity index is 0. The molecule has 0 aromatic rings. The minimum absolute atomic E-state index is 0. The van der Waals surface area contributed by atoms with Crippen molar-refractivity contribution in [2.45, 2.75) is 84.5 Å². The van der Waals surface area contributed by atoms with E-state index in [1.54, 1.807) is 6.92 Å². The normalized spacial score (nSPS) is 11.5. The van der Waals surface area contributed by atoms with Gasteiger partial charge in [0.25, 0.3) is 0 Å². The summed E-state index contributed by atoms with van der Waals surface area (Å²) in [6.07, 6.45) is 11.3. The van der Waals surface area contributed by atoms with E-state index >= 15 is 0 Å². The average Bonchev–Trinajstić information content (AvgIpc) is 2.42. The summed E-state index contributed by atoms with van der Waals surface area (Å²) in [5.41, 5.74) is 0.745. The standard InChI is InChI=1S/C17H30O4.H2O/c1-3-4-5-6-7-8-9-10-11-12-14(2)15(17(20)21)13-16(18)19;/h3-13H2,1-2H3,(H,18,19)(H,20,21);1H2. The molecular weight excluding hydrogens is 284 g/mol. The Morgan fingerprint density at radius 3 is 1.68 bits per heavy atom. The second-order valence-corrected chi connectivity index (χ2v) is 5.71. The second kappa shape index (κ2) is 14.6. The fourth-order valence-corrected chi connectivity index (χ4v) is 2.41. The molecule has 0 saturated carbocycles. The van der Waals surface area contributed by atoms with Gasteiger partial charge in [0.1, 0.15) is 0 Å². The molecule has 0 fully saturated rings. The zero-order chi connectivity index (χ0) is 16.1. The van der Waals surface area contributed by atoms with Crippen LogP contribution in [-0.4, -0.2) is 27.6 Å². The number of unbranched alkanes of at least 4 members (excludes halogenated alkanes) is 8. The minimum atomic E-state index is -1.11. The molecule has 0 unspecified atom stereocenters. The summed E-state index contributed by atoms with van der Waals surface area (Å²) < 4.78 is 0. The molecule has 0 atom stereocenters. The largest absolute Gasteiger partial charge is 0.481 e. The van der Waals surface area contributed by atoms with E-state index in [2.05, 4.69) is 6.92 Å². The van der Waals surface area contributed by atoms with Gasteiger partial charge in [0.05, 0.1) is 6.42 Å². The Hall–Kier alpha value is -1.36. The monoisotopic (exact) mass is 316 g/mol. The second-order valence-electron chi connectivity index (χ2n) is 5.71. The van der Waals surface area contributed by atoms with E-state index in [9.17, 15) is 9.59 Å². The lowest BCUT2D eigenvalue weighted by molar-refractivity contribution is -0.139. The van der Waals surface area contributed by atoms with Crippen LogP contribution in [0.1, 0.15) is 84.5 Å². The first-order chi connectivity index (χ1) is 9.99. The van der Waals surface area contributed by atoms with E-state index in [-0.39, 0.29) is 11.0 Å². The van der Waals surface area contributed by atoms with E-state index in [1.165, 1.54) is 44.9 Å². The molecule has 0 radical (unpaired) electrons. The van der Waals surface area contributed by atoms with Crippen molar-refractivity contribution in [3.63, 3.8) is 0 Å². The average molecular weight is 316 g/mol. The van der Waals surface area contributed by atoms with Crippen molar-refractivity contribution in [1.29, 1.82) is 0 Å². The van der Waals surface area contributed by atoms with E-state index < -0.39 is 18.4 Å². The first-order valence-electron chi connectivity index (χ1n) is 8.12. The maximum absolute atomic E-state index is 11.0. The minimum Gasteiger partial charge on any atom is -0.481 e. The Bertz CT molecular complexity index is 347. The third-order valence-corrected chi connectivity index (χ3v) is 3.76. The fourth-order valence-electron chi connectivity index (χ4n) is 2.41. The number of hydrogen-bond acceptors (Lipinski definition) is 2. The highest BCUT2D eigenvalue weighted by atomic mass is 16.4. The van der Waals surface area contributed by atoms with Gasteiger partial charge in [0, 0.05) is 5.57 Å². The molecule has 0 amide bonds. The molecule has 130 valence electrons. The number of hydrogen-bond donors (Lipinski definition) is 2. The lowest BCUT2D eigenvalue weighted by atomic mass is 9.99. The van der Waals surface area contributed by atoms with Gasteiger partial charge in [-0.25, -0.2) is 4.79 Å². The van der Waals surface area contributed by atoms with Gasteiger partial charge in [-0.05, 0) is 19.8 Å². The molecule has 0 aromatic heterocycles. The van der Waals surface area contributed by atoms with Crippen LogP contribution in [0.15, 0.2) is 11.1 Å². The zero-order valence-corrected chi connectivity index (χ0v) is 14.0. The number of allylic oxidation sites excluding steroid dienone is 1. The maximum Gasteiger partial charge on any atom is 0.332 e. The number of aliphatic carboxylic acids is 2. The van der Waals surface area contributed by atoms with Crippen LogP contribution in [-0.2, 0) is 9.59 Å². The molecule has 0 bridgehead atoms. The predicted octanol–water partition coefficient (Wildman–Crippen LogP) is 3.96. The van der Waals surface area contributed by atoms with Crippen LogP contribution < -0.4 is 0 Å². The molecule has 0 heterocycles. The van der Waals surface area contributed by atoms with Gasteiger partial charge in [0.2, 0.25) is 0 Å². The summed E-state index contributed by atoms with van der Waals surface area (Å²) in [5.74, 6) is -2.19. The Morgan fingerprint density at radius 1 is 0.818 bits per heavy atom. The summed E-state index contributed by atoms with van der Waals surface area (Å²) >= 11 is 0. The van der Waals surface area contributed by atoms with Crippen LogP contribution in [0.5, 0.6) is 0 Å². The van der Waals surface area contributed by atoms with Gasteiger partial charge in [-0.1, -0.05) is 63.9 Å². The maximum atomic E-state index is 11.0. The molecule has 0 aromatic carbocycles. The van der Waals surface area contributed by atoms with Crippen molar-refractivity contribution in [1.82, 2.24) is 0 Å². The van der Waals surface area contributed by atoms with Crippen molar-refractivity contribution in [3.05, 3.63) is 11.1 Å². The van der Waals surface area contributed by atoms with Crippen LogP contribution in [0.25, 0.3) is 0 Å². The van der Waals surface area contributed by atoms with Crippen molar-refractivity contribution in [3.8, 4) is 0 Å². The van der Waals surface area contributed by atoms with Gasteiger partial charge in [-0.2, -0.15) is 0 Å². The molecular formula is C17H32O5. The van der Waals surface area contributed by atoms with E-state index in [4.69, 9.17) is 10.2 Å². The molecule has 0 aliphatic carbocycles. The van der Waals surface area contributed by atoms with E-state index in [1.807, 2.05) is 0 Å². The SMILES string of the molecule is CCCCCCCCCCCC(C)=C(CC(=O)O)C(=O)O.O. The molecule has 0 aliphatic rings. The smallest absolute Gasteiger partial charge is 0.332 e. The van der Waals surface area contributed by atoms with Crippen molar-refractivity contribution >= 4 is 11.9 Å². The summed E-state index contributed by atoms with van der Waals surface area (Å²) in [4.78, 5) is 21.7. The Morgan fingerprint density at radius 2 is 1.27 bits per heavy atom. The highest BCUT2D eigenvalue weighted by Gasteiger charge is 2.14. The lowest BCUT2D eigenvalue weighted by Crippen LogP contribution is -2.09. The molecule has 5 heteroatoms. The van der Waals surface area contributed by atoms with Crippen LogP contribution in [0, 0.1) is 0 Å². The number of carbonyl (C=O) groups is 2. The predicted molar refractivity (Wildman–Crippen MR) is 88.0 cm³/mol. The van der Waals surface area contributed by atoms with Crippen molar-refractivity contribution in [2.75, 3.05) is 0 Å². The summed E-state index contributed by atoms with van der Waals surface area (Å²) in [5, 5.41) is 17.7. The molecule has 22 heavy (non-hydrogen) atoms. The summed E-state index contributed by atoms with van der Waals surface area (Å²) in [7, 11) is 0. The van der Waals surface area contributed by atoms with Crippen molar-refractivity contribution < 1.29 is 25.3 Å². The van der Waals surface area contributed by atoms with E-state index in [0.29, 0.717) is 12.0 Å². The third kappa shape index (κ3) is 12.4. The van der Waals surface area contributed by atoms with Crippen LogP contribution in [0.4, 0.5) is 0 Å². The third-order valence-electron chi connectivity index (χ3n) is 3.76. The van der Waals surface area contributed by atoms with Crippen LogP contribution >= 0.6 is 0 Å². The van der Waals surface area contributed by atoms with Gasteiger partial charge in [0.15, 0.2) is 0 Å². The number of carboxylic acids is 2. The molecule has 5 nitrogen and oxygen atoms in total. The van der Waals surface area contributed by atoms with E-state index in [0.717, 1.165) is 12.8 Å². The molecule has 0 aliphatic heterocycles. The van der Waals surface area contributed by atoms with Gasteiger partial charge < -0.3 is 15.7 Å². The molecule has 0 spiro atoms. The summed E-state index contributed by atoms with van der Waals surface area (Å²) in [6.45, 7) is 3.95. The zero-order valence-electron chi connectivity index (χ0n) is 14.0. The van der Waals surface area contributed by atoms with Gasteiger partial charge >= 0.3 is 11.9 Å². The molecule has 0 rings (SSSR count). The number of carboxylic acid groups (broad SMARTS) is 2. The highest BCUT2D eigenvalue weighted by molar-refractivity contribution is 5.92. The Labute approximate surface area is 133 Å². The quantitative estimate of drug-likeness (QED) is 0.396.